The monoisotopic (exact) mass is 337 g/mol. The summed E-state index contributed by atoms with van der Waals surface area (Å²) in [7, 11) is -3.97. The van der Waals surface area contributed by atoms with Crippen LogP contribution in [0.2, 0.25) is 0 Å². The van der Waals surface area contributed by atoms with Crippen molar-refractivity contribution < 1.29 is 22.6 Å². The summed E-state index contributed by atoms with van der Waals surface area (Å²) in [6, 6.07) is 11.3. The quantitative estimate of drug-likeness (QED) is 0.492. The first-order valence-corrected chi connectivity index (χ1v) is 8.09. The molecule has 0 saturated heterocycles. The van der Waals surface area contributed by atoms with Crippen molar-refractivity contribution in [2.45, 2.75) is 17.9 Å². The summed E-state index contributed by atoms with van der Waals surface area (Å²) in [5, 5.41) is 20.5. The zero-order valence-electron chi connectivity index (χ0n) is 12.2. The third-order valence-corrected chi connectivity index (χ3v) is 4.48. The van der Waals surface area contributed by atoms with Crippen LogP contribution in [-0.4, -0.2) is 25.1 Å². The molecule has 0 radical (unpaired) electrons. The molecule has 2 aromatic rings. The molecule has 0 aliphatic carbocycles. The van der Waals surface area contributed by atoms with Crippen LogP contribution in [0.5, 0.6) is 0 Å². The lowest BCUT2D eigenvalue weighted by Gasteiger charge is -2.11. The molecular formula is C15H15NO6S. The molecule has 0 amide bonds. The average molecular weight is 337 g/mol. The second kappa shape index (κ2) is 6.86. The van der Waals surface area contributed by atoms with Gasteiger partial charge in [-0.2, -0.15) is 8.42 Å². The maximum Gasteiger partial charge on any atom is 0.297 e. The summed E-state index contributed by atoms with van der Waals surface area (Å²) in [5.74, 6) is 0. The fourth-order valence-electron chi connectivity index (χ4n) is 1.84. The Morgan fingerprint density at radius 3 is 2.22 bits per heavy atom. The fraction of sp³-hybridized carbons (Fsp3) is 0.200. The van der Waals surface area contributed by atoms with E-state index < -0.39 is 27.8 Å². The number of aliphatic hydroxyl groups is 1. The van der Waals surface area contributed by atoms with Gasteiger partial charge in [0.1, 0.15) is 6.10 Å². The molecule has 0 spiro atoms. The summed E-state index contributed by atoms with van der Waals surface area (Å²) < 4.78 is 28.8. The zero-order chi connectivity index (χ0) is 17.0. The smallest absolute Gasteiger partial charge is 0.297 e. The number of rotatable bonds is 6. The Balaban J connectivity index is 2.04. The van der Waals surface area contributed by atoms with Gasteiger partial charge in [-0.3, -0.25) is 14.3 Å². The number of nitro groups is 1. The maximum absolute atomic E-state index is 12.0. The van der Waals surface area contributed by atoms with Crippen LogP contribution < -0.4 is 0 Å². The molecule has 2 aromatic carbocycles. The molecule has 0 aromatic heterocycles. The Hall–Kier alpha value is -2.29. The maximum atomic E-state index is 12.0. The molecular weight excluding hydrogens is 322 g/mol. The largest absolute Gasteiger partial charge is 0.386 e. The molecule has 0 bridgehead atoms. The number of hydrogen-bond donors (Lipinski definition) is 1. The number of non-ortho nitro benzene ring substituents is 1. The molecule has 8 heteroatoms. The Morgan fingerprint density at radius 1 is 1.13 bits per heavy atom. The highest BCUT2D eigenvalue weighted by Gasteiger charge is 2.18. The van der Waals surface area contributed by atoms with Crippen LogP contribution >= 0.6 is 0 Å². The van der Waals surface area contributed by atoms with Gasteiger partial charge in [0.05, 0.1) is 16.4 Å². The van der Waals surface area contributed by atoms with Gasteiger partial charge in [0.25, 0.3) is 15.8 Å². The van der Waals surface area contributed by atoms with E-state index in [1.165, 1.54) is 36.4 Å². The number of hydrogen-bond acceptors (Lipinski definition) is 6. The summed E-state index contributed by atoms with van der Waals surface area (Å²) in [4.78, 5) is 10.00. The second-order valence-electron chi connectivity index (χ2n) is 4.92. The third kappa shape index (κ3) is 4.35. The highest BCUT2D eigenvalue weighted by atomic mass is 32.2. The molecule has 7 nitrogen and oxygen atoms in total. The standard InChI is InChI=1S/C15H15NO6S/c1-11-2-8-14(9-3-11)23(20,21)22-10-15(17)12-4-6-13(7-5-12)16(18)19/h2-9,15,17H,10H2,1H3/t15-/m1/s1. The minimum absolute atomic E-state index is 0.000926. The molecule has 0 heterocycles. The second-order valence-corrected chi connectivity index (χ2v) is 6.53. The number of nitrogens with zero attached hydrogens (tertiary/aromatic N) is 1. The van der Waals surface area contributed by atoms with E-state index in [1.807, 2.05) is 6.92 Å². The molecule has 1 N–H and O–H groups in total. The highest BCUT2D eigenvalue weighted by molar-refractivity contribution is 7.86. The van der Waals surface area contributed by atoms with Crippen LogP contribution in [0, 0.1) is 17.0 Å². The van der Waals surface area contributed by atoms with Gasteiger partial charge in [0.15, 0.2) is 0 Å². The molecule has 0 aliphatic rings. The topological polar surface area (TPSA) is 107 Å². The third-order valence-electron chi connectivity index (χ3n) is 3.18. The summed E-state index contributed by atoms with van der Waals surface area (Å²) in [6.45, 7) is 1.35. The van der Waals surface area contributed by atoms with Crippen molar-refractivity contribution in [3.63, 3.8) is 0 Å². The Morgan fingerprint density at radius 2 is 1.70 bits per heavy atom. The van der Waals surface area contributed by atoms with Crippen molar-refractivity contribution in [2.75, 3.05) is 6.61 Å². The molecule has 23 heavy (non-hydrogen) atoms. The predicted molar refractivity (Wildman–Crippen MR) is 82.4 cm³/mol. The number of benzene rings is 2. The van der Waals surface area contributed by atoms with Crippen LogP contribution in [-0.2, 0) is 14.3 Å². The van der Waals surface area contributed by atoms with Gasteiger partial charge in [0.2, 0.25) is 0 Å². The van der Waals surface area contributed by atoms with Crippen LogP contribution in [0.3, 0.4) is 0 Å². The Kier molecular flexibility index (Phi) is 5.09. The van der Waals surface area contributed by atoms with Gasteiger partial charge in [-0.25, -0.2) is 0 Å². The summed E-state index contributed by atoms with van der Waals surface area (Å²) in [6.07, 6.45) is -1.21. The molecule has 0 saturated carbocycles. The van der Waals surface area contributed by atoms with E-state index in [-0.39, 0.29) is 10.6 Å². The van der Waals surface area contributed by atoms with Crippen LogP contribution in [0.4, 0.5) is 5.69 Å². The van der Waals surface area contributed by atoms with E-state index >= 15 is 0 Å². The Labute approximate surface area is 133 Å². The van der Waals surface area contributed by atoms with E-state index in [2.05, 4.69) is 0 Å². The van der Waals surface area contributed by atoms with E-state index in [9.17, 15) is 23.6 Å². The van der Waals surface area contributed by atoms with Crippen molar-refractivity contribution in [3.8, 4) is 0 Å². The van der Waals surface area contributed by atoms with Crippen molar-refractivity contribution >= 4 is 15.8 Å². The fourth-order valence-corrected chi connectivity index (χ4v) is 2.75. The molecule has 0 unspecified atom stereocenters. The first-order chi connectivity index (χ1) is 10.8. The van der Waals surface area contributed by atoms with E-state index in [1.54, 1.807) is 12.1 Å². The van der Waals surface area contributed by atoms with Crippen LogP contribution in [0.1, 0.15) is 17.2 Å². The molecule has 122 valence electrons. The normalized spacial score (nSPS) is 12.8. The van der Waals surface area contributed by atoms with Crippen molar-refractivity contribution in [3.05, 3.63) is 69.8 Å². The van der Waals surface area contributed by atoms with Crippen LogP contribution in [0.25, 0.3) is 0 Å². The van der Waals surface area contributed by atoms with Crippen molar-refractivity contribution in [1.82, 2.24) is 0 Å². The number of nitro benzene ring substituents is 1. The molecule has 0 fully saturated rings. The zero-order valence-corrected chi connectivity index (χ0v) is 13.1. The molecule has 0 aliphatic heterocycles. The van der Waals surface area contributed by atoms with Crippen molar-refractivity contribution in [1.29, 1.82) is 0 Å². The van der Waals surface area contributed by atoms with Crippen molar-refractivity contribution in [2.24, 2.45) is 0 Å². The van der Waals surface area contributed by atoms with Gasteiger partial charge >= 0.3 is 0 Å². The first-order valence-electron chi connectivity index (χ1n) is 6.68. The lowest BCUT2D eigenvalue weighted by atomic mass is 10.1. The average Bonchev–Trinajstić information content (AvgIpc) is 2.53. The molecule has 2 rings (SSSR count). The Bertz CT molecular complexity index is 784. The van der Waals surface area contributed by atoms with Crippen LogP contribution in [0.15, 0.2) is 53.4 Å². The predicted octanol–water partition coefficient (Wildman–Crippen LogP) is 2.34. The van der Waals surface area contributed by atoms with E-state index in [0.717, 1.165) is 5.56 Å². The van der Waals surface area contributed by atoms with Gasteiger partial charge in [-0.1, -0.05) is 17.7 Å². The summed E-state index contributed by atoms with van der Waals surface area (Å²) in [5.41, 5.74) is 1.12. The highest BCUT2D eigenvalue weighted by Crippen LogP contribution is 2.20. The SMILES string of the molecule is Cc1ccc(S(=O)(=O)OC[C@@H](O)c2ccc([N+](=O)[O-])cc2)cc1. The first kappa shape index (κ1) is 17.1. The van der Waals surface area contributed by atoms with E-state index in [0.29, 0.717) is 5.56 Å². The van der Waals surface area contributed by atoms with Gasteiger partial charge < -0.3 is 5.11 Å². The molecule has 1 atom stereocenters. The van der Waals surface area contributed by atoms with Gasteiger partial charge in [0, 0.05) is 12.1 Å². The van der Waals surface area contributed by atoms with Gasteiger partial charge in [-0.15, -0.1) is 0 Å². The van der Waals surface area contributed by atoms with E-state index in [4.69, 9.17) is 4.18 Å². The number of aryl methyl sites for hydroxylation is 1. The van der Waals surface area contributed by atoms with Gasteiger partial charge in [-0.05, 0) is 36.8 Å². The lowest BCUT2D eigenvalue weighted by molar-refractivity contribution is -0.384. The lowest BCUT2D eigenvalue weighted by Crippen LogP contribution is -2.13. The minimum Gasteiger partial charge on any atom is -0.386 e. The summed E-state index contributed by atoms with van der Waals surface area (Å²) >= 11 is 0. The number of aliphatic hydroxyl groups excluding tert-OH is 1. The minimum atomic E-state index is -3.97.